The first-order valence-electron chi connectivity index (χ1n) is 19.7. The van der Waals surface area contributed by atoms with E-state index in [-0.39, 0.29) is 12.1 Å². The molecule has 4 bridgehead atoms. The number of fused-ring (bicyclic) bond motifs is 8. The number of nitrogen functional groups attached to an aromatic ring is 1. The predicted octanol–water partition coefficient (Wildman–Crippen LogP) is 6.78. The highest BCUT2D eigenvalue weighted by atomic mass is 16.2. The maximum absolute atomic E-state index is 13.3. The Morgan fingerprint density at radius 2 is 1.34 bits per heavy atom. The zero-order chi connectivity index (χ0) is 40.2. The number of urea groups is 1. The van der Waals surface area contributed by atoms with Crippen LogP contribution in [-0.2, 0) is 0 Å². The molecule has 0 saturated carbocycles. The van der Waals surface area contributed by atoms with Gasteiger partial charge >= 0.3 is 6.03 Å². The number of nitrogens with zero attached hydrogens (tertiary/aromatic N) is 11. The van der Waals surface area contributed by atoms with Gasteiger partial charge in [-0.3, -0.25) is 30.2 Å². The molecular weight excluding hydrogens is 729 g/mol. The molecule has 10 heterocycles. The molecule has 0 aliphatic carbocycles. The highest BCUT2D eigenvalue weighted by Gasteiger charge is 2.38. The van der Waals surface area contributed by atoms with Gasteiger partial charge in [0.2, 0.25) is 0 Å². The molecule has 4 aliphatic heterocycles. The van der Waals surface area contributed by atoms with Crippen molar-refractivity contribution in [3.63, 3.8) is 0 Å². The van der Waals surface area contributed by atoms with Gasteiger partial charge in [0.25, 0.3) is 0 Å². The third kappa shape index (κ3) is 8.62. The van der Waals surface area contributed by atoms with E-state index in [1.807, 2.05) is 58.2 Å². The third-order valence-electron chi connectivity index (χ3n) is 10.5. The van der Waals surface area contributed by atoms with E-state index in [4.69, 9.17) is 15.7 Å². The second-order valence-corrected chi connectivity index (χ2v) is 15.1. The number of nitrogens with one attached hydrogen (secondary N) is 2. The molecule has 2 fully saturated rings. The summed E-state index contributed by atoms with van der Waals surface area (Å²) in [7, 11) is 0. The van der Waals surface area contributed by atoms with Gasteiger partial charge in [0.1, 0.15) is 5.82 Å². The number of anilines is 6. The summed E-state index contributed by atoms with van der Waals surface area (Å²) < 4.78 is 0. The molecule has 2 amide bonds. The molecule has 0 radical (unpaired) electrons. The Bertz CT molecular complexity index is 2410. The predicted molar refractivity (Wildman–Crippen MR) is 228 cm³/mol. The van der Waals surface area contributed by atoms with Gasteiger partial charge in [-0.25, -0.2) is 24.7 Å². The minimum absolute atomic E-state index is 0.0749. The number of rotatable bonds is 3. The lowest BCUT2D eigenvalue weighted by atomic mass is 9.99. The smallest absolute Gasteiger partial charge is 0.329 e. The monoisotopic (exact) mass is 776 g/mol. The Morgan fingerprint density at radius 1 is 0.707 bits per heavy atom. The van der Waals surface area contributed by atoms with E-state index in [1.54, 1.807) is 29.7 Å². The maximum Gasteiger partial charge on any atom is 0.329 e. The topological polar surface area (TPSA) is 180 Å². The SMILES string of the molecule is Cc1cc(-c2ccc3c(n2)N(C(=O)Nc2cncc(C)n2)[C@H]2CCCN3C2)ccn1.Cc1cc(-c2ccc3c(n2)N[C@H]2CCCN3C2)ccn1.Cc1cncc(N)n1. The molecule has 0 unspecified atom stereocenters. The molecule has 58 heavy (non-hydrogen) atoms. The normalized spacial score (nSPS) is 17.3. The second kappa shape index (κ2) is 16.8. The minimum Gasteiger partial charge on any atom is -0.382 e. The van der Waals surface area contributed by atoms with Crippen molar-refractivity contribution in [2.24, 2.45) is 0 Å². The van der Waals surface area contributed by atoms with Gasteiger partial charge in [-0.2, -0.15) is 0 Å². The fourth-order valence-corrected chi connectivity index (χ4v) is 7.91. The lowest BCUT2D eigenvalue weighted by Gasteiger charge is -2.45. The van der Waals surface area contributed by atoms with E-state index >= 15 is 0 Å². The third-order valence-corrected chi connectivity index (χ3v) is 10.5. The summed E-state index contributed by atoms with van der Waals surface area (Å²) >= 11 is 0. The van der Waals surface area contributed by atoms with Crippen LogP contribution in [0.1, 0.15) is 48.5 Å². The molecule has 4 N–H and O–H groups in total. The number of pyridine rings is 4. The number of piperidine rings is 2. The van der Waals surface area contributed by atoms with Crippen LogP contribution in [0, 0.1) is 27.7 Å². The number of carbonyl (C=O) groups is 1. The zero-order valence-electron chi connectivity index (χ0n) is 33.3. The van der Waals surface area contributed by atoms with Crippen molar-refractivity contribution >= 4 is 40.7 Å². The van der Waals surface area contributed by atoms with Gasteiger partial charge in [-0.15, -0.1) is 0 Å². The Labute approximate surface area is 338 Å². The molecular formula is C43H48N14O. The quantitative estimate of drug-likeness (QED) is 0.171. The van der Waals surface area contributed by atoms with Gasteiger partial charge in [0.15, 0.2) is 17.5 Å². The van der Waals surface area contributed by atoms with Crippen LogP contribution in [0.2, 0.25) is 0 Å². The number of hydrogen-bond donors (Lipinski definition) is 3. The highest BCUT2D eigenvalue weighted by Crippen LogP contribution is 2.40. The van der Waals surface area contributed by atoms with E-state index in [1.165, 1.54) is 24.7 Å². The molecule has 15 nitrogen and oxygen atoms in total. The lowest BCUT2D eigenvalue weighted by Crippen LogP contribution is -2.56. The Kier molecular flexibility index (Phi) is 11.0. The van der Waals surface area contributed by atoms with Gasteiger partial charge in [-0.1, -0.05) is 0 Å². The largest absolute Gasteiger partial charge is 0.382 e. The average molecular weight is 777 g/mol. The summed E-state index contributed by atoms with van der Waals surface area (Å²) in [5, 5.41) is 6.49. The first kappa shape index (κ1) is 38.1. The van der Waals surface area contributed by atoms with Crippen LogP contribution >= 0.6 is 0 Å². The molecule has 0 aromatic carbocycles. The van der Waals surface area contributed by atoms with E-state index in [0.717, 1.165) is 95.8 Å². The molecule has 4 aliphatic rings. The van der Waals surface area contributed by atoms with Crippen LogP contribution in [0.25, 0.3) is 22.5 Å². The summed E-state index contributed by atoms with van der Waals surface area (Å²) in [6.45, 7) is 11.7. The molecule has 296 valence electrons. The molecule has 0 spiro atoms. The standard InChI is InChI=1S/C22H23N7O.C16H18N4.C5H7N3/c1-14-10-16(7-8-24-14)18-5-6-19-21(26-18)29(17-4-3-9-28(19)13-17)22(30)27-20-12-23-11-15(2)25-20;1-11-9-12(6-7-17-11)14-4-5-15-16(19-14)18-13-3-2-8-20(15)10-13;1-4-2-7-3-5(6)8-4/h5-8,10-12,17H,3-4,9,13H2,1-2H3,(H,25,27,30);4-7,9,13H,2-3,8,10H2,1H3,(H,18,19);2-3H,1H3,(H2,6,8)/t17-;13-;/m00./s1. The molecule has 15 heteroatoms. The van der Waals surface area contributed by atoms with Crippen molar-refractivity contribution in [1.82, 2.24) is 39.9 Å². The number of nitrogens with two attached hydrogens (primary N) is 1. The summed E-state index contributed by atoms with van der Waals surface area (Å²) in [5.41, 5.74) is 15.0. The van der Waals surface area contributed by atoms with Crippen LogP contribution < -0.4 is 31.1 Å². The van der Waals surface area contributed by atoms with Crippen LogP contribution in [0.3, 0.4) is 0 Å². The Balaban J connectivity index is 0.000000143. The maximum atomic E-state index is 13.3. The van der Waals surface area contributed by atoms with Crippen molar-refractivity contribution in [2.45, 2.75) is 65.5 Å². The summed E-state index contributed by atoms with van der Waals surface area (Å²) in [4.78, 5) is 54.3. The van der Waals surface area contributed by atoms with E-state index in [2.05, 4.69) is 74.6 Å². The van der Waals surface area contributed by atoms with Crippen molar-refractivity contribution in [1.29, 1.82) is 0 Å². The van der Waals surface area contributed by atoms with Crippen molar-refractivity contribution in [2.75, 3.05) is 57.2 Å². The first-order valence-corrected chi connectivity index (χ1v) is 19.7. The fraction of sp³-hybridized carbons (Fsp3) is 0.326. The van der Waals surface area contributed by atoms with Crippen molar-refractivity contribution < 1.29 is 4.79 Å². The van der Waals surface area contributed by atoms with Gasteiger partial charge in [-0.05, 0) is 102 Å². The van der Waals surface area contributed by atoms with Gasteiger partial charge in [0.05, 0.1) is 52.6 Å². The zero-order valence-corrected chi connectivity index (χ0v) is 33.3. The number of hydrogen-bond acceptors (Lipinski definition) is 13. The van der Waals surface area contributed by atoms with E-state index in [0.29, 0.717) is 23.5 Å². The van der Waals surface area contributed by atoms with Crippen LogP contribution in [-0.4, -0.2) is 84.2 Å². The van der Waals surface area contributed by atoms with Crippen LogP contribution in [0.4, 0.5) is 39.4 Å². The van der Waals surface area contributed by atoms with Gasteiger partial charge in [0, 0.05) is 79.5 Å². The summed E-state index contributed by atoms with van der Waals surface area (Å²) in [6.07, 6.45) is 14.5. The Hall–Kier alpha value is -6.77. The fourth-order valence-electron chi connectivity index (χ4n) is 7.91. The summed E-state index contributed by atoms with van der Waals surface area (Å²) in [5.74, 6) is 2.65. The van der Waals surface area contributed by atoms with Crippen LogP contribution in [0.15, 0.2) is 85.7 Å². The Morgan fingerprint density at radius 3 is 2.00 bits per heavy atom. The van der Waals surface area contributed by atoms with E-state index < -0.39 is 0 Å². The number of carbonyl (C=O) groups excluding carboxylic acids is 1. The summed E-state index contributed by atoms with van der Waals surface area (Å²) in [6, 6.07) is 16.9. The molecule has 6 aromatic heterocycles. The van der Waals surface area contributed by atoms with Crippen molar-refractivity contribution in [3.8, 4) is 22.5 Å². The number of aryl methyl sites for hydroxylation is 4. The van der Waals surface area contributed by atoms with Crippen LogP contribution in [0.5, 0.6) is 0 Å². The van der Waals surface area contributed by atoms with Crippen molar-refractivity contribution in [3.05, 3.63) is 108 Å². The second-order valence-electron chi connectivity index (χ2n) is 15.1. The molecule has 10 rings (SSSR count). The minimum atomic E-state index is -0.224. The highest BCUT2D eigenvalue weighted by molar-refractivity contribution is 6.04. The number of amides is 2. The average Bonchev–Trinajstić information content (AvgIpc) is 3.21. The lowest BCUT2D eigenvalue weighted by molar-refractivity contribution is 0.252. The number of aromatic nitrogens is 8. The first-order chi connectivity index (χ1) is 28.2. The molecule has 2 atom stereocenters. The van der Waals surface area contributed by atoms with E-state index in [9.17, 15) is 4.79 Å². The molecule has 2 saturated heterocycles. The molecule has 6 aromatic rings. The van der Waals surface area contributed by atoms with Gasteiger partial charge < -0.3 is 20.9 Å².